The van der Waals surface area contributed by atoms with Crippen LogP contribution in [0.3, 0.4) is 0 Å². The van der Waals surface area contributed by atoms with Crippen LogP contribution >= 0.6 is 0 Å². The third-order valence-corrected chi connectivity index (χ3v) is 5.24. The van der Waals surface area contributed by atoms with Crippen molar-refractivity contribution >= 4 is 11.9 Å². The van der Waals surface area contributed by atoms with E-state index < -0.39 is 11.9 Å². The molecular weight excluding hydrogens is 364 g/mol. The van der Waals surface area contributed by atoms with Crippen molar-refractivity contribution in [2.45, 2.75) is 149 Å². The molecule has 0 unspecified atom stereocenters. The summed E-state index contributed by atoms with van der Waals surface area (Å²) in [6, 6.07) is 0. The number of aliphatic carboxylic acids is 2. The normalized spacial score (nSPS) is 10.4. The number of carboxylic acid groups (broad SMARTS) is 2. The standard InChI is InChI=1S/C15H30O2.C10H20O2/c1-2-3-4-5-6-7-8-9-10-11-12-13-14-15(16)17;1-2-3-4-5-6-7-8-9-10(11)12/h2-14H2,1H3,(H,16,17);2-9H2,1H3,(H,11,12). The molecule has 0 fully saturated rings. The molecule has 0 spiro atoms. The molecule has 0 aromatic rings. The second-order valence-electron chi connectivity index (χ2n) is 8.30. The summed E-state index contributed by atoms with van der Waals surface area (Å²) in [4.78, 5) is 20.4. The lowest BCUT2D eigenvalue weighted by Crippen LogP contribution is -1.93. The summed E-state index contributed by atoms with van der Waals surface area (Å²) in [7, 11) is 0. The Balaban J connectivity index is 0. The average molecular weight is 415 g/mol. The van der Waals surface area contributed by atoms with Crippen LogP contribution in [0.25, 0.3) is 0 Å². The van der Waals surface area contributed by atoms with E-state index >= 15 is 0 Å². The van der Waals surface area contributed by atoms with Gasteiger partial charge < -0.3 is 10.2 Å². The van der Waals surface area contributed by atoms with E-state index in [1.165, 1.54) is 96.3 Å². The summed E-state index contributed by atoms with van der Waals surface area (Å²) in [6.07, 6.45) is 24.5. The van der Waals surface area contributed by atoms with Crippen LogP contribution in [0.5, 0.6) is 0 Å². The number of unbranched alkanes of at least 4 members (excludes halogenated alkanes) is 17. The Bertz CT molecular complexity index is 342. The maximum atomic E-state index is 10.3. The minimum atomic E-state index is -0.663. The molecule has 0 aromatic carbocycles. The largest absolute Gasteiger partial charge is 0.481 e. The van der Waals surface area contributed by atoms with Crippen molar-refractivity contribution in [1.82, 2.24) is 0 Å². The van der Waals surface area contributed by atoms with E-state index in [4.69, 9.17) is 10.2 Å². The first kappa shape index (κ1) is 30.1. The summed E-state index contributed by atoms with van der Waals surface area (Å²) in [5.74, 6) is -1.32. The molecule has 0 radical (unpaired) electrons. The molecule has 0 bridgehead atoms. The molecule has 29 heavy (non-hydrogen) atoms. The van der Waals surface area contributed by atoms with Crippen molar-refractivity contribution in [1.29, 1.82) is 0 Å². The molecule has 0 heterocycles. The smallest absolute Gasteiger partial charge is 0.303 e. The van der Waals surface area contributed by atoms with Gasteiger partial charge in [-0.25, -0.2) is 0 Å². The van der Waals surface area contributed by atoms with E-state index in [2.05, 4.69) is 13.8 Å². The Hall–Kier alpha value is -1.06. The van der Waals surface area contributed by atoms with Gasteiger partial charge in [-0.15, -0.1) is 0 Å². The molecule has 0 aliphatic rings. The fourth-order valence-electron chi connectivity index (χ4n) is 3.35. The summed E-state index contributed by atoms with van der Waals surface area (Å²) in [5.41, 5.74) is 0. The van der Waals surface area contributed by atoms with E-state index in [9.17, 15) is 9.59 Å². The van der Waals surface area contributed by atoms with Crippen molar-refractivity contribution in [2.75, 3.05) is 0 Å². The van der Waals surface area contributed by atoms with Gasteiger partial charge in [0.15, 0.2) is 0 Å². The minimum absolute atomic E-state index is 0.341. The van der Waals surface area contributed by atoms with Crippen molar-refractivity contribution < 1.29 is 19.8 Å². The van der Waals surface area contributed by atoms with E-state index in [0.29, 0.717) is 12.8 Å². The van der Waals surface area contributed by atoms with Crippen molar-refractivity contribution in [3.8, 4) is 0 Å². The van der Waals surface area contributed by atoms with Gasteiger partial charge >= 0.3 is 11.9 Å². The van der Waals surface area contributed by atoms with Crippen LogP contribution in [-0.4, -0.2) is 22.2 Å². The van der Waals surface area contributed by atoms with Crippen molar-refractivity contribution in [3.05, 3.63) is 0 Å². The summed E-state index contributed by atoms with van der Waals surface area (Å²) >= 11 is 0. The van der Waals surface area contributed by atoms with Gasteiger partial charge in [0.2, 0.25) is 0 Å². The van der Waals surface area contributed by atoms with Gasteiger partial charge in [0.25, 0.3) is 0 Å². The van der Waals surface area contributed by atoms with Gasteiger partial charge in [-0.05, 0) is 12.8 Å². The van der Waals surface area contributed by atoms with Gasteiger partial charge in [0.05, 0.1) is 0 Å². The zero-order valence-corrected chi connectivity index (χ0v) is 19.6. The Morgan fingerprint density at radius 1 is 0.414 bits per heavy atom. The maximum absolute atomic E-state index is 10.3. The number of carbonyl (C=O) groups is 2. The second-order valence-corrected chi connectivity index (χ2v) is 8.30. The topological polar surface area (TPSA) is 74.6 Å². The quantitative estimate of drug-likeness (QED) is 0.185. The van der Waals surface area contributed by atoms with Crippen LogP contribution in [0.1, 0.15) is 149 Å². The Kier molecular flexibility index (Phi) is 28.0. The summed E-state index contributed by atoms with van der Waals surface area (Å²) in [5, 5.41) is 16.8. The van der Waals surface area contributed by atoms with E-state index in [0.717, 1.165) is 25.7 Å². The average Bonchev–Trinajstić information content (AvgIpc) is 2.68. The predicted octanol–water partition coefficient (Wildman–Crippen LogP) is 8.37. The van der Waals surface area contributed by atoms with Crippen LogP contribution in [0.2, 0.25) is 0 Å². The van der Waals surface area contributed by atoms with E-state index in [-0.39, 0.29) is 0 Å². The van der Waals surface area contributed by atoms with Crippen molar-refractivity contribution in [3.63, 3.8) is 0 Å². The molecule has 0 aromatic heterocycles. The van der Waals surface area contributed by atoms with Crippen molar-refractivity contribution in [2.24, 2.45) is 0 Å². The lowest BCUT2D eigenvalue weighted by atomic mass is 10.0. The second kappa shape index (κ2) is 26.9. The van der Waals surface area contributed by atoms with Crippen LogP contribution in [0, 0.1) is 0 Å². The maximum Gasteiger partial charge on any atom is 0.303 e. The highest BCUT2D eigenvalue weighted by Gasteiger charge is 1.97. The molecule has 0 atom stereocenters. The molecule has 0 aliphatic carbocycles. The van der Waals surface area contributed by atoms with Gasteiger partial charge in [-0.1, -0.05) is 123 Å². The molecule has 4 heteroatoms. The van der Waals surface area contributed by atoms with Gasteiger partial charge in [-0.3, -0.25) is 9.59 Å². The zero-order valence-electron chi connectivity index (χ0n) is 19.6. The molecule has 0 saturated heterocycles. The number of rotatable bonds is 21. The highest BCUT2D eigenvalue weighted by molar-refractivity contribution is 5.66. The van der Waals surface area contributed by atoms with E-state index in [1.807, 2.05) is 0 Å². The molecule has 0 rings (SSSR count). The predicted molar refractivity (Wildman–Crippen MR) is 124 cm³/mol. The fraction of sp³-hybridized carbons (Fsp3) is 0.920. The molecule has 174 valence electrons. The third kappa shape index (κ3) is 34.8. The summed E-state index contributed by atoms with van der Waals surface area (Å²) in [6.45, 7) is 4.45. The first-order valence-corrected chi connectivity index (χ1v) is 12.5. The monoisotopic (exact) mass is 414 g/mol. The lowest BCUT2D eigenvalue weighted by Gasteiger charge is -2.02. The molecular formula is C25H50O4. The van der Waals surface area contributed by atoms with Crippen LogP contribution < -0.4 is 0 Å². The first-order chi connectivity index (χ1) is 14.0. The molecule has 0 aliphatic heterocycles. The number of hydrogen-bond donors (Lipinski definition) is 2. The Morgan fingerprint density at radius 3 is 0.828 bits per heavy atom. The number of hydrogen-bond acceptors (Lipinski definition) is 2. The first-order valence-electron chi connectivity index (χ1n) is 12.5. The minimum Gasteiger partial charge on any atom is -0.481 e. The number of carboxylic acids is 2. The molecule has 4 nitrogen and oxygen atoms in total. The molecule has 0 amide bonds. The molecule has 2 N–H and O–H groups in total. The Morgan fingerprint density at radius 2 is 0.621 bits per heavy atom. The third-order valence-electron chi connectivity index (χ3n) is 5.24. The highest BCUT2D eigenvalue weighted by atomic mass is 16.4. The van der Waals surface area contributed by atoms with Gasteiger partial charge in [-0.2, -0.15) is 0 Å². The fourth-order valence-corrected chi connectivity index (χ4v) is 3.35. The van der Waals surface area contributed by atoms with Crippen LogP contribution in [0.15, 0.2) is 0 Å². The molecule has 0 saturated carbocycles. The zero-order chi connectivity index (χ0) is 22.0. The van der Waals surface area contributed by atoms with Crippen LogP contribution in [0.4, 0.5) is 0 Å². The lowest BCUT2D eigenvalue weighted by molar-refractivity contribution is -0.138. The van der Waals surface area contributed by atoms with E-state index in [1.54, 1.807) is 0 Å². The SMILES string of the molecule is CCCCCCCCCC(=O)O.CCCCCCCCCCCCCCC(=O)O. The van der Waals surface area contributed by atoms with Crippen LogP contribution in [-0.2, 0) is 9.59 Å². The van der Waals surface area contributed by atoms with Gasteiger partial charge in [0, 0.05) is 12.8 Å². The highest BCUT2D eigenvalue weighted by Crippen LogP contribution is 2.12. The summed E-state index contributed by atoms with van der Waals surface area (Å²) < 4.78 is 0. The Labute approximate surface area is 180 Å². The van der Waals surface area contributed by atoms with Gasteiger partial charge in [0.1, 0.15) is 0 Å².